The number of nitrogens with zero attached hydrogens (tertiary/aromatic N) is 6. The normalized spacial score (nSPS) is 25.7. The van der Waals surface area contributed by atoms with Crippen molar-refractivity contribution in [3.63, 3.8) is 0 Å². The molecule has 1 aromatic carbocycles. The van der Waals surface area contributed by atoms with Crippen molar-refractivity contribution in [1.82, 2.24) is 24.3 Å². The van der Waals surface area contributed by atoms with E-state index >= 15 is 0 Å². The van der Waals surface area contributed by atoms with Gasteiger partial charge in [0.05, 0.1) is 10.8 Å². The number of carbonyl (C=O) groups excluding carboxylic acids is 1. The maximum atomic E-state index is 13.3. The number of fused-ring (bicyclic) bond motifs is 2. The molecule has 0 spiro atoms. The zero-order valence-electron chi connectivity index (χ0n) is 25.1. The van der Waals surface area contributed by atoms with Crippen LogP contribution < -0.4 is 10.2 Å². The summed E-state index contributed by atoms with van der Waals surface area (Å²) in [6.45, 7) is 5.48. The van der Waals surface area contributed by atoms with E-state index in [2.05, 4.69) is 53.8 Å². The summed E-state index contributed by atoms with van der Waals surface area (Å²) in [5, 5.41) is 4.44. The maximum Gasteiger partial charge on any atom is 0.225 e. The Kier molecular flexibility index (Phi) is 7.79. The first-order valence-corrected chi connectivity index (χ1v) is 18.0. The summed E-state index contributed by atoms with van der Waals surface area (Å²) in [4.78, 5) is 29.7. The van der Waals surface area contributed by atoms with Gasteiger partial charge >= 0.3 is 0 Å². The molecule has 2 aromatic heterocycles. The van der Waals surface area contributed by atoms with Crippen molar-refractivity contribution < 1.29 is 13.2 Å². The van der Waals surface area contributed by atoms with Gasteiger partial charge in [0.1, 0.15) is 15.7 Å². The van der Waals surface area contributed by atoms with Crippen LogP contribution in [-0.4, -0.2) is 102 Å². The van der Waals surface area contributed by atoms with Crippen LogP contribution in [0, 0.1) is 5.92 Å². The number of hydrogen-bond acceptors (Lipinski definition) is 8. The molecule has 3 saturated heterocycles. The lowest BCUT2D eigenvalue weighted by Gasteiger charge is -2.40. The number of anilines is 2. The van der Waals surface area contributed by atoms with E-state index in [1.165, 1.54) is 25.6 Å². The third-order valence-electron chi connectivity index (χ3n) is 10.3. The van der Waals surface area contributed by atoms with E-state index in [1.54, 1.807) is 6.20 Å². The summed E-state index contributed by atoms with van der Waals surface area (Å²) in [5.74, 6) is 1.92. The average Bonchev–Trinajstić information content (AvgIpc) is 3.68. The molecule has 1 saturated carbocycles. The van der Waals surface area contributed by atoms with E-state index in [0.717, 1.165) is 80.8 Å². The zero-order valence-corrected chi connectivity index (χ0v) is 25.9. The highest BCUT2D eigenvalue weighted by molar-refractivity contribution is 7.91. The minimum Gasteiger partial charge on any atom is -0.371 e. The van der Waals surface area contributed by atoms with Crippen molar-refractivity contribution in [2.45, 2.75) is 68.7 Å². The van der Waals surface area contributed by atoms with Gasteiger partial charge in [0, 0.05) is 80.4 Å². The lowest BCUT2D eigenvalue weighted by Crippen LogP contribution is -2.53. The molecule has 0 bridgehead atoms. The van der Waals surface area contributed by atoms with Crippen molar-refractivity contribution in [3.8, 4) is 5.82 Å². The van der Waals surface area contributed by atoms with E-state index in [4.69, 9.17) is 4.98 Å². The van der Waals surface area contributed by atoms with Crippen molar-refractivity contribution in [2.75, 3.05) is 55.7 Å². The Balaban J connectivity index is 0.987. The number of piperazine rings is 1. The Bertz CT molecular complexity index is 1570. The van der Waals surface area contributed by atoms with E-state index in [0.29, 0.717) is 30.7 Å². The molecule has 1 unspecified atom stereocenters. The first kappa shape index (κ1) is 28.6. The average molecular weight is 606 g/mol. The van der Waals surface area contributed by atoms with E-state index in [-0.39, 0.29) is 17.2 Å². The van der Waals surface area contributed by atoms with Crippen molar-refractivity contribution >= 4 is 38.3 Å². The SMILES string of the molecule is CS(=O)(=O)C1CCN(c2cccc3c2ccn3-c2ccnc(N[C@H]3CC[C@H](C(=O)N4CCN5CCCC5C4)CC3)n2)CC1. The molecule has 1 amide bonds. The topological polar surface area (TPSA) is 104 Å². The molecule has 0 radical (unpaired) electrons. The molecule has 1 aliphatic carbocycles. The van der Waals surface area contributed by atoms with Gasteiger partial charge in [-0.3, -0.25) is 9.69 Å². The number of benzene rings is 1. The predicted molar refractivity (Wildman–Crippen MR) is 169 cm³/mol. The molecular weight excluding hydrogens is 562 g/mol. The van der Waals surface area contributed by atoms with Crippen LogP contribution in [0.2, 0.25) is 0 Å². The zero-order chi connectivity index (χ0) is 29.6. The Morgan fingerprint density at radius 2 is 1.74 bits per heavy atom. The number of amides is 1. The number of hydrogen-bond donors (Lipinski definition) is 1. The number of aromatic nitrogens is 3. The van der Waals surface area contributed by atoms with Crippen molar-refractivity contribution in [2.24, 2.45) is 5.92 Å². The summed E-state index contributed by atoms with van der Waals surface area (Å²) in [6.07, 6.45) is 12.7. The summed E-state index contributed by atoms with van der Waals surface area (Å²) in [6, 6.07) is 11.2. The minimum absolute atomic E-state index is 0.135. The molecule has 230 valence electrons. The maximum absolute atomic E-state index is 13.3. The molecule has 10 nitrogen and oxygen atoms in total. The molecule has 3 aromatic rings. The second kappa shape index (κ2) is 11.7. The Morgan fingerprint density at radius 1 is 0.930 bits per heavy atom. The molecule has 11 heteroatoms. The van der Waals surface area contributed by atoms with Gasteiger partial charge in [-0.15, -0.1) is 0 Å². The summed E-state index contributed by atoms with van der Waals surface area (Å²) < 4.78 is 26.2. The Hall–Kier alpha value is -3.18. The number of rotatable bonds is 6. The van der Waals surface area contributed by atoms with Gasteiger partial charge in [0.2, 0.25) is 11.9 Å². The first-order chi connectivity index (χ1) is 20.8. The van der Waals surface area contributed by atoms with Crippen LogP contribution in [0.1, 0.15) is 51.4 Å². The largest absolute Gasteiger partial charge is 0.371 e. The van der Waals surface area contributed by atoms with E-state index < -0.39 is 9.84 Å². The molecule has 7 rings (SSSR count). The molecule has 3 aliphatic heterocycles. The fourth-order valence-electron chi connectivity index (χ4n) is 7.82. The van der Waals surface area contributed by atoms with E-state index in [1.807, 2.05) is 12.3 Å². The summed E-state index contributed by atoms with van der Waals surface area (Å²) in [5.41, 5.74) is 2.19. The van der Waals surface area contributed by atoms with Gasteiger partial charge in [-0.25, -0.2) is 13.4 Å². The smallest absolute Gasteiger partial charge is 0.225 e. The highest BCUT2D eigenvalue weighted by Crippen LogP contribution is 2.33. The highest BCUT2D eigenvalue weighted by Gasteiger charge is 2.36. The van der Waals surface area contributed by atoms with Crippen LogP contribution in [0.25, 0.3) is 16.7 Å². The minimum atomic E-state index is -3.00. The van der Waals surface area contributed by atoms with Gasteiger partial charge in [0.25, 0.3) is 0 Å². The van der Waals surface area contributed by atoms with Gasteiger partial charge in [-0.05, 0) is 82.2 Å². The third kappa shape index (κ3) is 5.85. The van der Waals surface area contributed by atoms with Crippen molar-refractivity contribution in [1.29, 1.82) is 0 Å². The fourth-order valence-corrected chi connectivity index (χ4v) is 8.89. The summed E-state index contributed by atoms with van der Waals surface area (Å²) >= 11 is 0. The van der Waals surface area contributed by atoms with Gasteiger partial charge < -0.3 is 19.7 Å². The number of piperidine rings is 1. The van der Waals surface area contributed by atoms with Crippen LogP contribution in [0.3, 0.4) is 0 Å². The van der Waals surface area contributed by atoms with Crippen LogP contribution in [0.5, 0.6) is 0 Å². The molecular formula is C32H43N7O3S. The van der Waals surface area contributed by atoms with Gasteiger partial charge in [-0.1, -0.05) is 6.07 Å². The van der Waals surface area contributed by atoms with Crippen molar-refractivity contribution in [3.05, 3.63) is 42.7 Å². The second-order valence-electron chi connectivity index (χ2n) is 13.0. The summed E-state index contributed by atoms with van der Waals surface area (Å²) in [7, 11) is -3.00. The monoisotopic (exact) mass is 605 g/mol. The third-order valence-corrected chi connectivity index (χ3v) is 12.0. The Labute approximate surface area is 254 Å². The molecule has 1 atom stereocenters. The van der Waals surface area contributed by atoms with Crippen LogP contribution in [0.4, 0.5) is 11.6 Å². The van der Waals surface area contributed by atoms with E-state index in [9.17, 15) is 13.2 Å². The number of sulfone groups is 1. The molecule has 43 heavy (non-hydrogen) atoms. The standard InChI is InChI=1S/C32H43N7O3S/c1-43(41,42)26-12-17-37(18-13-26)28-5-2-6-29-27(28)14-19-39(29)30-11-15-33-32(35-30)34-24-9-7-23(8-10-24)31(40)38-21-20-36-16-3-4-25(36)22-38/h2,5-6,11,14-15,19,23-26H,3-4,7-10,12-13,16-18,20-22H2,1H3,(H,33,34,35)/t23-,24-,25?. The molecule has 5 heterocycles. The lowest BCUT2D eigenvalue weighted by atomic mass is 9.85. The number of nitrogens with one attached hydrogen (secondary N) is 1. The first-order valence-electron chi connectivity index (χ1n) is 16.0. The fraction of sp³-hybridized carbons (Fsp3) is 0.594. The second-order valence-corrected chi connectivity index (χ2v) is 15.3. The molecule has 4 fully saturated rings. The van der Waals surface area contributed by atoms with Gasteiger partial charge in [0.15, 0.2) is 0 Å². The van der Waals surface area contributed by atoms with Gasteiger partial charge in [-0.2, -0.15) is 4.98 Å². The lowest BCUT2D eigenvalue weighted by molar-refractivity contribution is -0.139. The quantitative estimate of drug-likeness (QED) is 0.454. The Morgan fingerprint density at radius 3 is 2.53 bits per heavy atom. The van der Waals surface area contributed by atoms with Crippen LogP contribution in [-0.2, 0) is 14.6 Å². The predicted octanol–water partition coefficient (Wildman–Crippen LogP) is 3.71. The number of carbonyl (C=O) groups is 1. The molecule has 1 N–H and O–H groups in total. The van der Waals surface area contributed by atoms with Crippen LogP contribution >= 0.6 is 0 Å². The van der Waals surface area contributed by atoms with Crippen LogP contribution in [0.15, 0.2) is 42.7 Å². The highest BCUT2D eigenvalue weighted by atomic mass is 32.2. The molecule has 4 aliphatic rings.